The quantitative estimate of drug-likeness (QED) is 0.500. The van der Waals surface area contributed by atoms with E-state index in [0.717, 1.165) is 6.04 Å². The molecule has 76 valence electrons. The standard InChI is InChI=1S/C9H18O3Si/c1-5-8(3)9(10)12-13(6-2)7-11-4/h5,13H,6-7H2,1-4H3. The highest BCUT2D eigenvalue weighted by Crippen LogP contribution is 2.01. The molecule has 0 spiro atoms. The molecule has 13 heavy (non-hydrogen) atoms. The van der Waals surface area contributed by atoms with E-state index in [0.29, 0.717) is 11.8 Å². The van der Waals surface area contributed by atoms with Crippen LogP contribution in [0.25, 0.3) is 0 Å². The summed E-state index contributed by atoms with van der Waals surface area (Å²) >= 11 is 0. The zero-order valence-electron chi connectivity index (χ0n) is 8.79. The Kier molecular flexibility index (Phi) is 6.53. The third-order valence-electron chi connectivity index (χ3n) is 1.84. The highest BCUT2D eigenvalue weighted by Gasteiger charge is 2.15. The van der Waals surface area contributed by atoms with Gasteiger partial charge in [-0.25, -0.2) is 4.79 Å². The lowest BCUT2D eigenvalue weighted by molar-refractivity contribution is -0.130. The van der Waals surface area contributed by atoms with Crippen LogP contribution in [0.5, 0.6) is 0 Å². The molecule has 0 amide bonds. The first-order chi connectivity index (χ1) is 6.15. The molecule has 0 radical (unpaired) electrons. The Bertz CT molecular complexity index is 189. The number of ether oxygens (including phenoxy) is 1. The van der Waals surface area contributed by atoms with Gasteiger partial charge >= 0.3 is 5.97 Å². The lowest BCUT2D eigenvalue weighted by atomic mass is 10.3. The van der Waals surface area contributed by atoms with Crippen molar-refractivity contribution in [2.75, 3.05) is 13.3 Å². The summed E-state index contributed by atoms with van der Waals surface area (Å²) in [6.45, 7) is 5.61. The van der Waals surface area contributed by atoms with Gasteiger partial charge in [0.1, 0.15) is 0 Å². The van der Waals surface area contributed by atoms with Gasteiger partial charge in [0.2, 0.25) is 0 Å². The Labute approximate surface area is 81.5 Å². The molecule has 0 heterocycles. The SMILES string of the molecule is CC=C(C)C(=O)O[SiH](CC)COC. The van der Waals surface area contributed by atoms with Crippen LogP contribution < -0.4 is 0 Å². The fourth-order valence-corrected chi connectivity index (χ4v) is 2.11. The van der Waals surface area contributed by atoms with E-state index in [2.05, 4.69) is 0 Å². The highest BCUT2D eigenvalue weighted by atomic mass is 28.3. The normalized spacial score (nSPS) is 14.0. The maximum absolute atomic E-state index is 11.3. The molecule has 0 aliphatic rings. The summed E-state index contributed by atoms with van der Waals surface area (Å²) in [5, 5.41) is 0. The lowest BCUT2D eigenvalue weighted by Crippen LogP contribution is -2.27. The fourth-order valence-electron chi connectivity index (χ4n) is 0.783. The van der Waals surface area contributed by atoms with Crippen molar-refractivity contribution in [2.24, 2.45) is 0 Å². The number of methoxy groups -OCH3 is 1. The maximum Gasteiger partial charge on any atom is 0.319 e. The zero-order chi connectivity index (χ0) is 10.3. The van der Waals surface area contributed by atoms with Gasteiger partial charge in [-0.05, 0) is 19.9 Å². The molecule has 0 aromatic rings. The molecular weight excluding hydrogens is 184 g/mol. The van der Waals surface area contributed by atoms with Crippen LogP contribution in [0.4, 0.5) is 0 Å². The number of hydrogen-bond acceptors (Lipinski definition) is 3. The molecule has 0 N–H and O–H groups in total. The minimum Gasteiger partial charge on any atom is -0.516 e. The molecule has 0 rings (SSSR count). The summed E-state index contributed by atoms with van der Waals surface area (Å²) in [4.78, 5) is 11.3. The van der Waals surface area contributed by atoms with Gasteiger partial charge in [-0.3, -0.25) is 0 Å². The third-order valence-corrected chi connectivity index (χ3v) is 4.00. The molecule has 0 fully saturated rings. The first-order valence-electron chi connectivity index (χ1n) is 4.48. The average molecular weight is 202 g/mol. The Balaban J connectivity index is 4.01. The van der Waals surface area contributed by atoms with Gasteiger partial charge in [0.15, 0.2) is 0 Å². The topological polar surface area (TPSA) is 35.5 Å². The van der Waals surface area contributed by atoms with Gasteiger partial charge < -0.3 is 9.16 Å². The van der Waals surface area contributed by atoms with E-state index in [4.69, 9.17) is 9.16 Å². The Morgan fingerprint density at radius 1 is 1.54 bits per heavy atom. The maximum atomic E-state index is 11.3. The van der Waals surface area contributed by atoms with Crippen LogP contribution in [0, 0.1) is 0 Å². The molecule has 0 saturated heterocycles. The molecule has 0 aliphatic heterocycles. The summed E-state index contributed by atoms with van der Waals surface area (Å²) < 4.78 is 10.3. The first-order valence-corrected chi connectivity index (χ1v) is 6.58. The predicted octanol–water partition coefficient (Wildman–Crippen LogP) is 1.43. The molecule has 1 atom stereocenters. The zero-order valence-corrected chi connectivity index (χ0v) is 9.95. The molecule has 1 unspecified atom stereocenters. The average Bonchev–Trinajstić information content (AvgIpc) is 2.15. The molecule has 0 bridgehead atoms. The predicted molar refractivity (Wildman–Crippen MR) is 55.0 cm³/mol. The number of carbonyl (C=O) groups excluding carboxylic acids is 1. The van der Waals surface area contributed by atoms with Gasteiger partial charge in [-0.2, -0.15) is 0 Å². The Morgan fingerprint density at radius 3 is 2.54 bits per heavy atom. The second kappa shape index (κ2) is 6.86. The van der Waals surface area contributed by atoms with Crippen molar-refractivity contribution >= 4 is 15.0 Å². The molecule has 4 heteroatoms. The first kappa shape index (κ1) is 12.4. The molecule has 0 aromatic heterocycles. The van der Waals surface area contributed by atoms with E-state index in [1.807, 2.05) is 13.8 Å². The summed E-state index contributed by atoms with van der Waals surface area (Å²) in [7, 11) is 0.177. The smallest absolute Gasteiger partial charge is 0.319 e. The molecule has 0 saturated carbocycles. The van der Waals surface area contributed by atoms with Crippen molar-refractivity contribution in [3.63, 3.8) is 0 Å². The second-order valence-corrected chi connectivity index (χ2v) is 5.49. The largest absolute Gasteiger partial charge is 0.516 e. The highest BCUT2D eigenvalue weighted by molar-refractivity contribution is 6.53. The number of allylic oxidation sites excluding steroid dienone is 1. The van der Waals surface area contributed by atoms with Gasteiger partial charge in [-0.1, -0.05) is 13.0 Å². The van der Waals surface area contributed by atoms with Crippen molar-refractivity contribution in [3.05, 3.63) is 11.6 Å². The van der Waals surface area contributed by atoms with Crippen LogP contribution in [0.2, 0.25) is 6.04 Å². The van der Waals surface area contributed by atoms with E-state index in [9.17, 15) is 4.79 Å². The van der Waals surface area contributed by atoms with Crippen LogP contribution in [0.3, 0.4) is 0 Å². The van der Waals surface area contributed by atoms with E-state index in [-0.39, 0.29) is 5.97 Å². The van der Waals surface area contributed by atoms with Crippen LogP contribution in [0.15, 0.2) is 11.6 Å². The summed E-state index contributed by atoms with van der Waals surface area (Å²) in [5.41, 5.74) is 0.669. The second-order valence-electron chi connectivity index (χ2n) is 2.86. The van der Waals surface area contributed by atoms with Crippen molar-refractivity contribution < 1.29 is 14.0 Å². The summed E-state index contributed by atoms with van der Waals surface area (Å²) in [6, 6.07) is 0.913. The Hall–Kier alpha value is -0.613. The van der Waals surface area contributed by atoms with E-state index < -0.39 is 9.04 Å². The van der Waals surface area contributed by atoms with Crippen molar-refractivity contribution in [3.8, 4) is 0 Å². The molecule has 0 aliphatic carbocycles. The van der Waals surface area contributed by atoms with Gasteiger partial charge in [0.05, 0.1) is 6.23 Å². The van der Waals surface area contributed by atoms with E-state index >= 15 is 0 Å². The van der Waals surface area contributed by atoms with Gasteiger partial charge in [0.25, 0.3) is 9.04 Å². The van der Waals surface area contributed by atoms with Crippen molar-refractivity contribution in [1.82, 2.24) is 0 Å². The fraction of sp³-hybridized carbons (Fsp3) is 0.667. The number of carbonyl (C=O) groups is 1. The molecular formula is C9H18O3Si. The van der Waals surface area contributed by atoms with Crippen molar-refractivity contribution in [1.29, 1.82) is 0 Å². The minimum atomic E-state index is -1.45. The van der Waals surface area contributed by atoms with Crippen LogP contribution >= 0.6 is 0 Å². The number of rotatable bonds is 5. The molecule has 3 nitrogen and oxygen atoms in total. The van der Waals surface area contributed by atoms with E-state index in [1.54, 1.807) is 20.1 Å². The van der Waals surface area contributed by atoms with Gasteiger partial charge in [0, 0.05) is 12.7 Å². The summed E-state index contributed by atoms with van der Waals surface area (Å²) in [6.07, 6.45) is 2.36. The lowest BCUT2D eigenvalue weighted by Gasteiger charge is -2.13. The van der Waals surface area contributed by atoms with Crippen LogP contribution in [0.1, 0.15) is 20.8 Å². The van der Waals surface area contributed by atoms with Crippen LogP contribution in [-0.2, 0) is 14.0 Å². The van der Waals surface area contributed by atoms with Crippen molar-refractivity contribution in [2.45, 2.75) is 26.8 Å². The monoisotopic (exact) mass is 202 g/mol. The summed E-state index contributed by atoms with van der Waals surface area (Å²) in [5.74, 6) is -0.196. The minimum absolute atomic E-state index is 0.196. The Morgan fingerprint density at radius 2 is 2.15 bits per heavy atom. The molecule has 0 aromatic carbocycles. The van der Waals surface area contributed by atoms with Crippen LogP contribution in [-0.4, -0.2) is 28.3 Å². The third kappa shape index (κ3) is 4.85. The number of hydrogen-bond donors (Lipinski definition) is 0. The van der Waals surface area contributed by atoms with E-state index in [1.165, 1.54) is 0 Å². The van der Waals surface area contributed by atoms with Gasteiger partial charge in [-0.15, -0.1) is 0 Å².